The van der Waals surface area contributed by atoms with Crippen LogP contribution in [0.3, 0.4) is 0 Å². The predicted octanol–water partition coefficient (Wildman–Crippen LogP) is 0.607. The molecule has 38 heavy (non-hydrogen) atoms. The van der Waals surface area contributed by atoms with Gasteiger partial charge in [0.1, 0.15) is 0 Å². The van der Waals surface area contributed by atoms with Gasteiger partial charge in [0.2, 0.25) is 11.9 Å². The Hall–Kier alpha value is -5.32. The third-order valence-corrected chi connectivity index (χ3v) is 4.92. The summed E-state index contributed by atoms with van der Waals surface area (Å²) in [5.74, 6) is -2.99. The van der Waals surface area contributed by atoms with E-state index >= 15 is 0 Å². The lowest BCUT2D eigenvalue weighted by molar-refractivity contribution is -0.131. The molecule has 4 rings (SSSR count). The summed E-state index contributed by atoms with van der Waals surface area (Å²) in [7, 11) is 1.54. The minimum atomic E-state index is -0.841. The summed E-state index contributed by atoms with van der Waals surface area (Å²) in [5, 5.41) is 2.74. The number of pyridine rings is 2. The molecule has 0 aliphatic heterocycles. The number of anilines is 2. The van der Waals surface area contributed by atoms with E-state index in [0.717, 1.165) is 11.8 Å². The highest BCUT2D eigenvalue weighted by molar-refractivity contribution is 7.99. The van der Waals surface area contributed by atoms with Crippen LogP contribution < -0.4 is 25.3 Å². The highest BCUT2D eigenvalue weighted by atomic mass is 32.2. The second kappa shape index (κ2) is 12.1. The number of carbonyl (C=O) groups is 3. The molecule has 192 valence electrons. The number of nitrogens with two attached hydrogens (primary N) is 1. The normalized spacial score (nSPS) is 10.6. The molecule has 0 aromatic carbocycles. The Morgan fingerprint density at radius 1 is 0.868 bits per heavy atom. The summed E-state index contributed by atoms with van der Waals surface area (Å²) in [4.78, 5) is 67.9. The van der Waals surface area contributed by atoms with Gasteiger partial charge in [0.15, 0.2) is 6.57 Å². The van der Waals surface area contributed by atoms with Gasteiger partial charge >= 0.3 is 35.9 Å². The Labute approximate surface area is 218 Å². The number of hydrogen-bond acceptors (Lipinski definition) is 17. The SMILES string of the molecule is [2H]Nc1nc(OC(=O)CSc2nc(NC)nc(OC(=O)c3cccnc3)n2)nc(OC(=O)c2cccnc2)n1. The first-order chi connectivity index (χ1) is 18.9. The molecule has 0 aliphatic carbocycles. The average molecular weight is 537 g/mol. The molecule has 0 spiro atoms. The van der Waals surface area contributed by atoms with Crippen LogP contribution in [-0.4, -0.2) is 70.6 Å². The highest BCUT2D eigenvalue weighted by Gasteiger charge is 2.18. The minimum absolute atomic E-state index is 0.0375. The Balaban J connectivity index is 1.40. The van der Waals surface area contributed by atoms with Gasteiger partial charge < -0.3 is 25.3 Å². The Kier molecular flexibility index (Phi) is 7.75. The highest BCUT2D eigenvalue weighted by Crippen LogP contribution is 2.19. The maximum absolute atomic E-state index is 12.4. The average Bonchev–Trinajstić information content (AvgIpc) is 2.96. The number of ether oxygens (including phenoxy) is 3. The maximum Gasteiger partial charge on any atom is 0.347 e. The van der Waals surface area contributed by atoms with E-state index in [9.17, 15) is 14.4 Å². The van der Waals surface area contributed by atoms with Crippen molar-refractivity contribution in [3.63, 3.8) is 0 Å². The van der Waals surface area contributed by atoms with E-state index in [4.69, 9.17) is 15.6 Å². The third-order valence-electron chi connectivity index (χ3n) is 4.10. The fraction of sp³-hybridized carbons (Fsp3) is 0.0952. The quantitative estimate of drug-likeness (QED) is 0.209. The van der Waals surface area contributed by atoms with Gasteiger partial charge in [0, 0.05) is 31.8 Å². The predicted molar refractivity (Wildman–Crippen MR) is 128 cm³/mol. The standard InChI is InChI=1S/C21H16N10O6S/c1-23-17-28-20(37-15(34)12-5-3-7-25-9-12)31-21(29-17)38-10-13(32)35-18-26-16(22)27-19(30-18)36-14(33)11-4-2-6-24-8-11/h2-9H,10H2,1H3,(H2,22,26,27,30)(H,23,28,29,31)/i/hD. The van der Waals surface area contributed by atoms with Crippen LogP contribution in [0.5, 0.6) is 18.0 Å². The van der Waals surface area contributed by atoms with Gasteiger partial charge in [-0.3, -0.25) is 14.8 Å². The molecule has 0 saturated heterocycles. The second-order valence-corrected chi connectivity index (χ2v) is 7.67. The summed E-state index contributed by atoms with van der Waals surface area (Å²) in [6.45, 7) is 0. The van der Waals surface area contributed by atoms with E-state index in [1.807, 2.05) is 5.73 Å². The zero-order valence-corrected chi connectivity index (χ0v) is 20.1. The van der Waals surface area contributed by atoms with E-state index in [-0.39, 0.29) is 39.9 Å². The van der Waals surface area contributed by atoms with Gasteiger partial charge in [-0.2, -0.15) is 24.9 Å². The first-order valence-corrected chi connectivity index (χ1v) is 11.4. The van der Waals surface area contributed by atoms with Crippen molar-refractivity contribution in [3.05, 3.63) is 60.2 Å². The molecule has 4 aromatic heterocycles. The topological polar surface area (TPSA) is 220 Å². The van der Waals surface area contributed by atoms with Gasteiger partial charge in [-0.1, -0.05) is 11.8 Å². The van der Waals surface area contributed by atoms with Gasteiger partial charge in [-0.25, -0.2) is 9.59 Å². The molecule has 0 atom stereocenters. The Bertz CT molecular complexity index is 1490. The van der Waals surface area contributed by atoms with Crippen molar-refractivity contribution < 1.29 is 30.0 Å². The lowest BCUT2D eigenvalue weighted by Crippen LogP contribution is -2.17. The van der Waals surface area contributed by atoms with Crippen LogP contribution in [0, 0.1) is 0 Å². The van der Waals surface area contributed by atoms with Gasteiger partial charge in [-0.15, -0.1) is 4.98 Å². The van der Waals surface area contributed by atoms with E-state index in [0.29, 0.717) is 0 Å². The molecule has 0 radical (unpaired) electrons. The number of rotatable bonds is 10. The fourth-order valence-corrected chi connectivity index (χ4v) is 3.09. The van der Waals surface area contributed by atoms with E-state index in [2.05, 4.69) is 45.2 Å². The van der Waals surface area contributed by atoms with E-state index in [1.165, 1.54) is 43.0 Å². The monoisotopic (exact) mass is 537 g/mol. The zero-order valence-electron chi connectivity index (χ0n) is 20.3. The molecule has 0 saturated carbocycles. The molecular formula is C21H16N10O6S. The summed E-state index contributed by atoms with van der Waals surface area (Å²) in [6, 6.07) is 4.73. The van der Waals surface area contributed by atoms with Crippen LogP contribution in [0.1, 0.15) is 20.7 Å². The molecule has 16 nitrogen and oxygen atoms in total. The van der Waals surface area contributed by atoms with Gasteiger partial charge in [0.05, 0.1) is 16.9 Å². The fourth-order valence-electron chi connectivity index (χ4n) is 2.49. The van der Waals surface area contributed by atoms with Gasteiger partial charge in [-0.05, 0) is 24.3 Å². The zero-order chi connectivity index (χ0) is 27.6. The number of nitrogens with zero attached hydrogens (tertiary/aromatic N) is 8. The van der Waals surface area contributed by atoms with Crippen LogP contribution in [0.4, 0.5) is 11.9 Å². The molecule has 0 aliphatic rings. The maximum atomic E-state index is 12.4. The summed E-state index contributed by atoms with van der Waals surface area (Å²) in [6.07, 6.45) is 5.58. The molecule has 0 unspecified atom stereocenters. The third kappa shape index (κ3) is 7.10. The Morgan fingerprint density at radius 2 is 1.47 bits per heavy atom. The number of carbonyl (C=O) groups excluding carboxylic acids is 3. The number of nitrogen functional groups attached to an aromatic ring is 1. The lowest BCUT2D eigenvalue weighted by Gasteiger charge is -2.07. The number of nitrogens with one attached hydrogen (secondary N) is 1. The summed E-state index contributed by atoms with van der Waals surface area (Å²) in [5.41, 5.74) is 2.21. The van der Waals surface area contributed by atoms with Crippen molar-refractivity contribution in [1.29, 1.82) is 0 Å². The molecule has 0 amide bonds. The van der Waals surface area contributed by atoms with Crippen molar-refractivity contribution in [3.8, 4) is 18.0 Å². The van der Waals surface area contributed by atoms with Crippen molar-refractivity contribution in [2.45, 2.75) is 5.16 Å². The van der Waals surface area contributed by atoms with Gasteiger partial charge in [0.25, 0.3) is 0 Å². The molecule has 3 N–H and O–H groups in total. The van der Waals surface area contributed by atoms with E-state index < -0.39 is 29.9 Å². The molecular weight excluding hydrogens is 520 g/mol. The summed E-state index contributed by atoms with van der Waals surface area (Å²) >= 11 is 0.840. The molecule has 17 heteroatoms. The van der Waals surface area contributed by atoms with Crippen molar-refractivity contribution in [2.75, 3.05) is 23.8 Å². The van der Waals surface area contributed by atoms with Crippen LogP contribution in [0.2, 0.25) is 1.41 Å². The first-order valence-electron chi connectivity index (χ1n) is 10.9. The minimum Gasteiger partial charge on any atom is -0.390 e. The van der Waals surface area contributed by atoms with Crippen LogP contribution in [0.25, 0.3) is 0 Å². The summed E-state index contributed by atoms with van der Waals surface area (Å²) < 4.78 is 22.6. The van der Waals surface area contributed by atoms with E-state index in [1.54, 1.807) is 13.1 Å². The molecule has 4 aromatic rings. The second-order valence-electron chi connectivity index (χ2n) is 6.72. The smallest absolute Gasteiger partial charge is 0.347 e. The first kappa shape index (κ1) is 24.4. The van der Waals surface area contributed by atoms with Crippen LogP contribution >= 0.6 is 11.8 Å². The van der Waals surface area contributed by atoms with Crippen LogP contribution in [-0.2, 0) is 4.79 Å². The molecule has 0 fully saturated rings. The largest absolute Gasteiger partial charge is 0.390 e. The van der Waals surface area contributed by atoms with Crippen molar-refractivity contribution in [1.82, 2.24) is 39.9 Å². The number of hydrogen-bond donors (Lipinski definition) is 2. The van der Waals surface area contributed by atoms with Crippen LogP contribution in [0.15, 0.2) is 54.2 Å². The van der Waals surface area contributed by atoms with Crippen molar-refractivity contribution >= 4 is 41.6 Å². The molecule has 0 bridgehead atoms. The lowest BCUT2D eigenvalue weighted by atomic mass is 10.3. The van der Waals surface area contributed by atoms with Crippen molar-refractivity contribution in [2.24, 2.45) is 0 Å². The molecule has 4 heterocycles. The number of thioether (sulfide) groups is 1. The number of aromatic nitrogens is 8. The number of esters is 3. The Morgan fingerprint density at radius 3 is 2.03 bits per heavy atom.